The first-order valence-corrected chi connectivity index (χ1v) is 8.33. The molecule has 0 saturated carbocycles. The molecule has 2 heterocycles. The van der Waals surface area contributed by atoms with Gasteiger partial charge in [0.2, 0.25) is 5.88 Å². The molecule has 1 unspecified atom stereocenters. The Morgan fingerprint density at radius 1 is 1.24 bits per heavy atom. The maximum atomic E-state index is 11.5. The normalized spacial score (nSPS) is 17.1. The van der Waals surface area contributed by atoms with Crippen LogP contribution in [0.15, 0.2) is 42.5 Å². The van der Waals surface area contributed by atoms with E-state index in [2.05, 4.69) is 27.2 Å². The summed E-state index contributed by atoms with van der Waals surface area (Å²) in [6.45, 7) is 2.98. The van der Waals surface area contributed by atoms with Gasteiger partial charge in [-0.2, -0.15) is 0 Å². The van der Waals surface area contributed by atoms with E-state index in [1.807, 2.05) is 12.1 Å². The van der Waals surface area contributed by atoms with Gasteiger partial charge in [-0.05, 0) is 23.6 Å². The average Bonchev–Trinajstić information content (AvgIpc) is 2.68. The lowest BCUT2D eigenvalue weighted by Gasteiger charge is -2.23. The van der Waals surface area contributed by atoms with Crippen LogP contribution in [0.5, 0.6) is 5.88 Å². The number of nitrogens with one attached hydrogen (secondary N) is 1. The highest BCUT2D eigenvalue weighted by Crippen LogP contribution is 2.13. The molecule has 1 aliphatic heterocycles. The smallest absolute Gasteiger partial charge is 0.356 e. The molecular formula is C19H22N2O4. The molecule has 1 aliphatic rings. The second-order valence-electron chi connectivity index (χ2n) is 5.86. The summed E-state index contributed by atoms with van der Waals surface area (Å²) in [5.74, 6) is -0.0807. The van der Waals surface area contributed by atoms with Crippen LogP contribution >= 0.6 is 0 Å². The zero-order chi connectivity index (χ0) is 17.5. The van der Waals surface area contributed by atoms with Crippen LogP contribution in [-0.4, -0.2) is 43.9 Å². The van der Waals surface area contributed by atoms with Crippen molar-refractivity contribution in [2.45, 2.75) is 19.1 Å². The zero-order valence-electron chi connectivity index (χ0n) is 14.2. The zero-order valence-corrected chi connectivity index (χ0v) is 14.2. The molecule has 1 saturated heterocycles. The number of esters is 1. The number of hydrogen-bond donors (Lipinski definition) is 1. The predicted octanol–water partition coefficient (Wildman–Crippen LogP) is 1.98. The number of benzene rings is 1. The summed E-state index contributed by atoms with van der Waals surface area (Å²) >= 11 is 0. The van der Waals surface area contributed by atoms with Gasteiger partial charge in [-0.1, -0.05) is 30.3 Å². The van der Waals surface area contributed by atoms with Crippen LogP contribution < -0.4 is 10.1 Å². The van der Waals surface area contributed by atoms with Crippen LogP contribution in [-0.2, 0) is 22.5 Å². The Balaban J connectivity index is 1.54. The minimum atomic E-state index is -0.478. The van der Waals surface area contributed by atoms with Gasteiger partial charge in [0.25, 0.3) is 0 Å². The third-order valence-corrected chi connectivity index (χ3v) is 4.00. The maximum Gasteiger partial charge on any atom is 0.356 e. The van der Waals surface area contributed by atoms with Crippen molar-refractivity contribution in [1.29, 1.82) is 0 Å². The van der Waals surface area contributed by atoms with E-state index < -0.39 is 5.97 Å². The summed E-state index contributed by atoms with van der Waals surface area (Å²) < 4.78 is 16.0. The fraction of sp³-hybridized carbons (Fsp3) is 0.368. The van der Waals surface area contributed by atoms with Gasteiger partial charge in [-0.3, -0.25) is 0 Å². The van der Waals surface area contributed by atoms with Crippen molar-refractivity contribution in [2.24, 2.45) is 0 Å². The monoisotopic (exact) mass is 342 g/mol. The van der Waals surface area contributed by atoms with Gasteiger partial charge in [0, 0.05) is 19.2 Å². The lowest BCUT2D eigenvalue weighted by atomic mass is 10.1. The SMILES string of the molecule is COC(=O)c1cccc(OCc2ccc(CC3CNCCO3)cc2)n1. The lowest BCUT2D eigenvalue weighted by Crippen LogP contribution is -2.39. The largest absolute Gasteiger partial charge is 0.473 e. The van der Waals surface area contributed by atoms with Crippen LogP contribution in [0.25, 0.3) is 0 Å². The Bertz CT molecular complexity index is 697. The molecule has 0 radical (unpaired) electrons. The fourth-order valence-electron chi connectivity index (χ4n) is 2.66. The number of pyridine rings is 1. The third kappa shape index (κ3) is 5.01. The first-order valence-electron chi connectivity index (χ1n) is 8.33. The van der Waals surface area contributed by atoms with Crippen molar-refractivity contribution in [3.05, 3.63) is 59.3 Å². The Kier molecular flexibility index (Phi) is 5.98. The van der Waals surface area contributed by atoms with Crippen LogP contribution in [0.2, 0.25) is 0 Å². The van der Waals surface area contributed by atoms with Crippen LogP contribution in [0.1, 0.15) is 21.6 Å². The van der Waals surface area contributed by atoms with Crippen molar-refractivity contribution in [3.8, 4) is 5.88 Å². The van der Waals surface area contributed by atoms with Gasteiger partial charge in [0.1, 0.15) is 6.61 Å². The summed E-state index contributed by atoms with van der Waals surface area (Å²) in [5, 5.41) is 3.34. The number of ether oxygens (including phenoxy) is 3. The molecule has 6 heteroatoms. The summed E-state index contributed by atoms with van der Waals surface area (Å²) in [4.78, 5) is 15.6. The molecule has 2 aromatic rings. The Morgan fingerprint density at radius 3 is 2.76 bits per heavy atom. The number of carbonyl (C=O) groups is 1. The molecule has 0 aliphatic carbocycles. The Labute approximate surface area is 147 Å². The minimum absolute atomic E-state index is 0.233. The molecule has 6 nitrogen and oxygen atoms in total. The molecule has 0 bridgehead atoms. The molecule has 25 heavy (non-hydrogen) atoms. The molecule has 3 rings (SSSR count). The predicted molar refractivity (Wildman–Crippen MR) is 92.7 cm³/mol. The molecule has 132 valence electrons. The van der Waals surface area contributed by atoms with Crippen LogP contribution in [0.4, 0.5) is 0 Å². The highest BCUT2D eigenvalue weighted by atomic mass is 16.5. The van der Waals surface area contributed by atoms with Crippen molar-refractivity contribution in [3.63, 3.8) is 0 Å². The van der Waals surface area contributed by atoms with Crippen molar-refractivity contribution in [2.75, 3.05) is 26.8 Å². The third-order valence-electron chi connectivity index (χ3n) is 4.00. The van der Waals surface area contributed by atoms with E-state index in [-0.39, 0.29) is 11.8 Å². The number of nitrogens with zero attached hydrogens (tertiary/aromatic N) is 1. The molecule has 1 N–H and O–H groups in total. The van der Waals surface area contributed by atoms with Gasteiger partial charge in [-0.15, -0.1) is 0 Å². The second kappa shape index (κ2) is 8.60. The minimum Gasteiger partial charge on any atom is -0.473 e. The van der Waals surface area contributed by atoms with E-state index in [1.165, 1.54) is 12.7 Å². The summed E-state index contributed by atoms with van der Waals surface area (Å²) in [7, 11) is 1.33. The molecule has 0 amide bonds. The van der Waals surface area contributed by atoms with E-state index in [0.29, 0.717) is 12.5 Å². The van der Waals surface area contributed by atoms with Gasteiger partial charge >= 0.3 is 5.97 Å². The highest BCUT2D eigenvalue weighted by molar-refractivity contribution is 5.87. The molecular weight excluding hydrogens is 320 g/mol. The quantitative estimate of drug-likeness (QED) is 0.810. The Morgan fingerprint density at radius 2 is 2.04 bits per heavy atom. The van der Waals surface area contributed by atoms with Crippen molar-refractivity contribution >= 4 is 5.97 Å². The van der Waals surface area contributed by atoms with Crippen LogP contribution in [0, 0.1) is 0 Å². The van der Waals surface area contributed by atoms with E-state index >= 15 is 0 Å². The lowest BCUT2D eigenvalue weighted by molar-refractivity contribution is 0.0292. The second-order valence-corrected chi connectivity index (χ2v) is 5.86. The topological polar surface area (TPSA) is 69.7 Å². The number of carbonyl (C=O) groups excluding carboxylic acids is 1. The number of aromatic nitrogens is 1. The number of methoxy groups -OCH3 is 1. The van der Waals surface area contributed by atoms with Crippen molar-refractivity contribution < 1.29 is 19.0 Å². The average molecular weight is 342 g/mol. The molecule has 1 atom stereocenters. The number of morpholine rings is 1. The summed E-state index contributed by atoms with van der Waals surface area (Å²) in [6.07, 6.45) is 1.14. The van der Waals surface area contributed by atoms with Gasteiger partial charge < -0.3 is 19.5 Å². The standard InChI is InChI=1S/C19H22N2O4/c1-23-19(22)17-3-2-4-18(21-17)25-13-15-7-5-14(6-8-15)11-16-12-20-9-10-24-16/h2-8,16,20H,9-13H2,1H3. The molecule has 1 aromatic heterocycles. The summed E-state index contributed by atoms with van der Waals surface area (Å²) in [6, 6.07) is 13.3. The van der Waals surface area contributed by atoms with Crippen LogP contribution in [0.3, 0.4) is 0 Å². The summed E-state index contributed by atoms with van der Waals surface area (Å²) in [5.41, 5.74) is 2.51. The van der Waals surface area contributed by atoms with E-state index in [0.717, 1.165) is 31.7 Å². The first kappa shape index (κ1) is 17.4. The Hall–Kier alpha value is -2.44. The molecule has 1 fully saturated rings. The van der Waals surface area contributed by atoms with Gasteiger partial charge in [0.05, 0.1) is 19.8 Å². The van der Waals surface area contributed by atoms with E-state index in [1.54, 1.807) is 18.2 Å². The first-order chi connectivity index (χ1) is 12.2. The maximum absolute atomic E-state index is 11.5. The van der Waals surface area contributed by atoms with Gasteiger partial charge in [0.15, 0.2) is 5.69 Å². The highest BCUT2D eigenvalue weighted by Gasteiger charge is 2.13. The van der Waals surface area contributed by atoms with E-state index in [4.69, 9.17) is 9.47 Å². The van der Waals surface area contributed by atoms with E-state index in [9.17, 15) is 4.79 Å². The van der Waals surface area contributed by atoms with Gasteiger partial charge in [-0.25, -0.2) is 9.78 Å². The number of rotatable bonds is 6. The fourth-order valence-corrected chi connectivity index (χ4v) is 2.66. The number of hydrogen-bond acceptors (Lipinski definition) is 6. The molecule has 0 spiro atoms. The molecule has 1 aromatic carbocycles. The van der Waals surface area contributed by atoms with Crippen molar-refractivity contribution in [1.82, 2.24) is 10.3 Å².